The van der Waals surface area contributed by atoms with E-state index in [0.717, 1.165) is 43.6 Å². The molecule has 0 aliphatic heterocycles. The molecule has 0 fully saturated rings. The predicted octanol–water partition coefficient (Wildman–Crippen LogP) is 3.37. The normalized spacial score (nSPS) is 11.8. The van der Waals surface area contributed by atoms with E-state index in [1.807, 2.05) is 0 Å². The number of unbranched alkanes of at least 4 members (excludes halogenated alkanes) is 3. The molecule has 0 aliphatic rings. The van der Waals surface area contributed by atoms with Gasteiger partial charge in [0, 0.05) is 16.7 Å². The largest absolute Gasteiger partial charge is 0.398 e. The number of halogens is 2. The average Bonchev–Trinajstić information content (AvgIpc) is 2.41. The van der Waals surface area contributed by atoms with Crippen LogP contribution < -0.4 is 10.5 Å². The molecule has 1 aromatic carbocycles. The van der Waals surface area contributed by atoms with Gasteiger partial charge in [-0.3, -0.25) is 0 Å². The molecule has 4 nitrogen and oxygen atoms in total. The highest BCUT2D eigenvalue weighted by atomic mass is 79.9. The summed E-state index contributed by atoms with van der Waals surface area (Å²) in [5.74, 6) is 0.304. The minimum atomic E-state index is -3.86. The summed E-state index contributed by atoms with van der Waals surface area (Å²) in [5, 5.41) is 0. The molecular weight excluding hydrogens is 379 g/mol. The van der Waals surface area contributed by atoms with Gasteiger partial charge in [-0.25, -0.2) is 17.5 Å². The maximum absolute atomic E-state index is 13.7. The first-order valence-corrected chi connectivity index (χ1v) is 10.3. The third kappa shape index (κ3) is 6.14. The summed E-state index contributed by atoms with van der Waals surface area (Å²) >= 11 is 4.86. The van der Waals surface area contributed by atoms with Crippen molar-refractivity contribution in [1.82, 2.24) is 4.72 Å². The van der Waals surface area contributed by atoms with Gasteiger partial charge in [0.15, 0.2) is 0 Å². The monoisotopic (exact) mass is 398 g/mol. The van der Waals surface area contributed by atoms with Gasteiger partial charge >= 0.3 is 0 Å². The van der Waals surface area contributed by atoms with E-state index in [2.05, 4.69) is 26.9 Å². The van der Waals surface area contributed by atoms with Crippen LogP contribution in [0.5, 0.6) is 0 Å². The van der Waals surface area contributed by atoms with Crippen molar-refractivity contribution < 1.29 is 12.8 Å². The van der Waals surface area contributed by atoms with Gasteiger partial charge in [0.1, 0.15) is 10.7 Å². The molecule has 1 aromatic rings. The van der Waals surface area contributed by atoms with E-state index in [1.54, 1.807) is 11.8 Å². The van der Waals surface area contributed by atoms with Crippen LogP contribution in [0.25, 0.3) is 0 Å². The molecule has 0 unspecified atom stereocenters. The van der Waals surface area contributed by atoms with Crippen LogP contribution in [0.4, 0.5) is 10.1 Å². The first kappa shape index (κ1) is 18.7. The van der Waals surface area contributed by atoms with Crippen molar-refractivity contribution in [3.05, 3.63) is 22.4 Å². The molecule has 0 aliphatic carbocycles. The van der Waals surface area contributed by atoms with Gasteiger partial charge in [-0.15, -0.1) is 0 Å². The van der Waals surface area contributed by atoms with Crippen LogP contribution in [0.2, 0.25) is 0 Å². The molecule has 0 heterocycles. The Bertz CT molecular complexity index is 568. The first-order chi connectivity index (χ1) is 9.88. The van der Waals surface area contributed by atoms with E-state index in [-0.39, 0.29) is 5.69 Å². The second kappa shape index (κ2) is 8.97. The van der Waals surface area contributed by atoms with Gasteiger partial charge in [0.05, 0.1) is 0 Å². The Morgan fingerprint density at radius 3 is 2.62 bits per heavy atom. The van der Waals surface area contributed by atoms with E-state index in [0.29, 0.717) is 11.0 Å². The number of rotatable bonds is 9. The standard InChI is InChI=1S/C13H20BrFN2O2S2/c1-20-7-5-3-2-4-6-17-21(18,19)13-9-12(16)10(14)8-11(13)15/h8-9,17H,2-7,16H2,1H3. The lowest BCUT2D eigenvalue weighted by Gasteiger charge is -2.09. The van der Waals surface area contributed by atoms with Crippen LogP contribution in [-0.4, -0.2) is 27.0 Å². The Morgan fingerprint density at radius 1 is 1.29 bits per heavy atom. The van der Waals surface area contributed by atoms with Gasteiger partial charge < -0.3 is 5.73 Å². The summed E-state index contributed by atoms with van der Waals surface area (Å²) in [7, 11) is -3.86. The molecule has 0 bridgehead atoms. The zero-order chi connectivity index (χ0) is 15.9. The van der Waals surface area contributed by atoms with E-state index < -0.39 is 20.7 Å². The van der Waals surface area contributed by atoms with Gasteiger partial charge in [-0.1, -0.05) is 12.8 Å². The number of benzene rings is 1. The topological polar surface area (TPSA) is 72.2 Å². The molecule has 0 radical (unpaired) electrons. The van der Waals surface area contributed by atoms with Gasteiger partial charge in [0.25, 0.3) is 0 Å². The van der Waals surface area contributed by atoms with E-state index in [9.17, 15) is 12.8 Å². The third-order valence-electron chi connectivity index (χ3n) is 2.91. The Balaban J connectivity index is 2.53. The fourth-order valence-electron chi connectivity index (χ4n) is 1.76. The number of hydrogen-bond acceptors (Lipinski definition) is 4. The molecule has 0 amide bonds. The predicted molar refractivity (Wildman–Crippen MR) is 90.6 cm³/mol. The lowest BCUT2D eigenvalue weighted by atomic mass is 10.2. The van der Waals surface area contributed by atoms with Crippen molar-refractivity contribution in [2.75, 3.05) is 24.3 Å². The molecule has 21 heavy (non-hydrogen) atoms. The van der Waals surface area contributed by atoms with Crippen LogP contribution >= 0.6 is 27.7 Å². The van der Waals surface area contributed by atoms with E-state index in [1.165, 1.54) is 0 Å². The second-order valence-corrected chi connectivity index (χ2v) is 8.18. The number of nitrogens with two attached hydrogens (primary N) is 1. The first-order valence-electron chi connectivity index (χ1n) is 6.61. The Labute approximate surface area is 138 Å². The van der Waals surface area contributed by atoms with E-state index in [4.69, 9.17) is 5.73 Å². The minimum Gasteiger partial charge on any atom is -0.398 e. The SMILES string of the molecule is CSCCCCCCNS(=O)(=O)c1cc(N)c(Br)cc1F. The van der Waals surface area contributed by atoms with E-state index >= 15 is 0 Å². The molecule has 0 atom stereocenters. The molecule has 1 rings (SSSR count). The molecule has 0 aromatic heterocycles. The van der Waals surface area contributed by atoms with Gasteiger partial charge in [0.2, 0.25) is 10.0 Å². The number of anilines is 1. The third-order valence-corrected chi connectivity index (χ3v) is 5.77. The Morgan fingerprint density at radius 2 is 1.95 bits per heavy atom. The number of nitrogens with one attached hydrogen (secondary N) is 1. The molecular formula is C13H20BrFN2O2S2. The van der Waals surface area contributed by atoms with Gasteiger partial charge in [-0.2, -0.15) is 11.8 Å². The maximum Gasteiger partial charge on any atom is 0.243 e. The summed E-state index contributed by atoms with van der Waals surface area (Å²) in [4.78, 5) is -0.411. The Kier molecular flexibility index (Phi) is 8.00. The molecule has 0 saturated heterocycles. The van der Waals surface area contributed by atoms with Crippen LogP contribution in [0, 0.1) is 5.82 Å². The molecule has 8 heteroatoms. The van der Waals surface area contributed by atoms with Crippen LogP contribution in [0.1, 0.15) is 25.7 Å². The second-order valence-electron chi connectivity index (χ2n) is 4.61. The summed E-state index contributed by atoms with van der Waals surface area (Å²) in [6.07, 6.45) is 5.95. The van der Waals surface area contributed by atoms with Crippen molar-refractivity contribution in [2.45, 2.75) is 30.6 Å². The van der Waals surface area contributed by atoms with Crippen molar-refractivity contribution in [3.63, 3.8) is 0 Å². The zero-order valence-electron chi connectivity index (χ0n) is 11.9. The number of nitrogen functional groups attached to an aromatic ring is 1. The minimum absolute atomic E-state index is 0.189. The van der Waals surface area contributed by atoms with Crippen LogP contribution in [-0.2, 0) is 10.0 Å². The van der Waals surface area contributed by atoms with Gasteiger partial charge in [-0.05, 0) is 52.9 Å². The lowest BCUT2D eigenvalue weighted by Crippen LogP contribution is -2.25. The van der Waals surface area contributed by atoms with Crippen molar-refractivity contribution in [3.8, 4) is 0 Å². The molecule has 3 N–H and O–H groups in total. The summed E-state index contributed by atoms with van der Waals surface area (Å²) in [5.41, 5.74) is 5.79. The molecule has 120 valence electrons. The number of thioether (sulfide) groups is 1. The zero-order valence-corrected chi connectivity index (χ0v) is 15.1. The average molecular weight is 399 g/mol. The quantitative estimate of drug-likeness (QED) is 0.493. The van der Waals surface area contributed by atoms with Crippen LogP contribution in [0.15, 0.2) is 21.5 Å². The number of sulfonamides is 1. The van der Waals surface area contributed by atoms with Crippen LogP contribution in [0.3, 0.4) is 0 Å². The summed E-state index contributed by atoms with van der Waals surface area (Å²) in [6.45, 7) is 0.303. The lowest BCUT2D eigenvalue weighted by molar-refractivity contribution is 0.552. The highest BCUT2D eigenvalue weighted by molar-refractivity contribution is 9.10. The molecule has 0 saturated carbocycles. The fraction of sp³-hybridized carbons (Fsp3) is 0.538. The summed E-state index contributed by atoms with van der Waals surface area (Å²) < 4.78 is 40.5. The van der Waals surface area contributed by atoms with Crippen molar-refractivity contribution >= 4 is 43.4 Å². The highest BCUT2D eigenvalue weighted by Crippen LogP contribution is 2.25. The Hall–Kier alpha value is -0.310. The van der Waals surface area contributed by atoms with Crippen molar-refractivity contribution in [2.24, 2.45) is 0 Å². The molecule has 0 spiro atoms. The highest BCUT2D eigenvalue weighted by Gasteiger charge is 2.20. The summed E-state index contributed by atoms with van der Waals surface area (Å²) in [6, 6.07) is 2.19. The smallest absolute Gasteiger partial charge is 0.243 e. The van der Waals surface area contributed by atoms with Crippen molar-refractivity contribution in [1.29, 1.82) is 0 Å². The maximum atomic E-state index is 13.7. The fourth-order valence-corrected chi connectivity index (χ4v) is 3.73. The number of hydrogen-bond donors (Lipinski definition) is 2.